The van der Waals surface area contributed by atoms with E-state index in [0.717, 1.165) is 25.7 Å². The number of hydrogen-bond acceptors (Lipinski definition) is 2. The Bertz CT molecular complexity index is 3250. The number of rotatable bonds is 8. The lowest BCUT2D eigenvalue weighted by Gasteiger charge is -2.32. The molecule has 6 aliphatic carbocycles. The first kappa shape index (κ1) is 41.3. The molecule has 15 rings (SSSR count). The number of fused-ring (bicyclic) bond motifs is 4. The van der Waals surface area contributed by atoms with Gasteiger partial charge >= 0.3 is 0 Å². The molecule has 0 heterocycles. The second-order valence-corrected chi connectivity index (χ2v) is 19.8. The third-order valence-corrected chi connectivity index (χ3v) is 15.4. The molecule has 1 fully saturated rings. The predicted octanol–water partition coefficient (Wildman–Crippen LogP) is 17.7. The quantitative estimate of drug-likeness (QED) is 0.150. The van der Waals surface area contributed by atoms with Crippen molar-refractivity contribution < 1.29 is 0 Å². The van der Waals surface area contributed by atoms with Crippen LogP contribution in [0.5, 0.6) is 0 Å². The van der Waals surface area contributed by atoms with Gasteiger partial charge in [0.15, 0.2) is 0 Å². The van der Waals surface area contributed by atoms with E-state index in [2.05, 4.69) is 224 Å². The number of nitrogens with zero attached hydrogens (tertiary/aromatic N) is 2. The van der Waals surface area contributed by atoms with E-state index in [1.54, 1.807) is 0 Å². The zero-order valence-electron chi connectivity index (χ0n) is 38.9. The van der Waals surface area contributed by atoms with Crippen molar-refractivity contribution in [1.82, 2.24) is 0 Å². The van der Waals surface area contributed by atoms with Crippen LogP contribution in [0.25, 0.3) is 33.0 Å². The Balaban J connectivity index is 0.985. The van der Waals surface area contributed by atoms with Gasteiger partial charge in [-0.25, -0.2) is 0 Å². The molecule has 0 saturated heterocycles. The van der Waals surface area contributed by atoms with E-state index >= 15 is 0 Å². The van der Waals surface area contributed by atoms with Gasteiger partial charge in [-0.3, -0.25) is 0 Å². The first-order valence-corrected chi connectivity index (χ1v) is 24.8. The van der Waals surface area contributed by atoms with Crippen LogP contribution in [0.1, 0.15) is 90.8 Å². The molecule has 0 unspecified atom stereocenters. The molecule has 4 bridgehead atoms. The average Bonchev–Trinajstić information content (AvgIpc) is 3.61. The molecule has 0 aromatic heterocycles. The highest BCUT2D eigenvalue weighted by Gasteiger charge is 2.38. The summed E-state index contributed by atoms with van der Waals surface area (Å²) in [4.78, 5) is 5.10. The molecular weight excluding hydrogens is 809 g/mol. The van der Waals surface area contributed by atoms with Crippen LogP contribution in [-0.2, 0) is 31.1 Å². The monoisotopic (exact) mass is 866 g/mol. The number of anilines is 6. The van der Waals surface area contributed by atoms with Crippen LogP contribution in [0.4, 0.5) is 34.1 Å². The van der Waals surface area contributed by atoms with Crippen LogP contribution < -0.4 is 9.80 Å². The average molecular weight is 867 g/mol. The van der Waals surface area contributed by atoms with Crippen LogP contribution in [0.15, 0.2) is 200 Å². The fraction of sp³-hybridized carbons (Fsp3) is 0.200. The summed E-state index contributed by atoms with van der Waals surface area (Å²) in [5.41, 5.74) is 22.1. The van der Waals surface area contributed by atoms with Gasteiger partial charge < -0.3 is 9.80 Å². The van der Waals surface area contributed by atoms with Crippen molar-refractivity contribution in [3.8, 4) is 22.3 Å². The molecule has 9 aromatic carbocycles. The van der Waals surface area contributed by atoms with Crippen molar-refractivity contribution in [2.75, 3.05) is 9.80 Å². The van der Waals surface area contributed by atoms with E-state index in [4.69, 9.17) is 0 Å². The topological polar surface area (TPSA) is 6.48 Å². The number of hydrogen-bond donors (Lipinski definition) is 0. The highest BCUT2D eigenvalue weighted by molar-refractivity contribution is 5.97. The summed E-state index contributed by atoms with van der Waals surface area (Å²) in [5, 5.41) is 2.49. The maximum atomic E-state index is 2.59. The molecule has 0 spiro atoms. The summed E-state index contributed by atoms with van der Waals surface area (Å²) in [7, 11) is 0. The third kappa shape index (κ3) is 7.63. The van der Waals surface area contributed by atoms with Gasteiger partial charge in [0, 0.05) is 39.5 Å². The van der Waals surface area contributed by atoms with Gasteiger partial charge in [-0.15, -0.1) is 0 Å². The lowest BCUT2D eigenvalue weighted by atomic mass is 9.81. The Morgan fingerprint density at radius 3 is 1.69 bits per heavy atom. The molecule has 6 aliphatic rings. The molecule has 2 heteroatoms. The predicted molar refractivity (Wildman–Crippen MR) is 283 cm³/mol. The Morgan fingerprint density at radius 2 is 0.985 bits per heavy atom. The molecule has 0 aliphatic heterocycles. The van der Waals surface area contributed by atoms with E-state index in [9.17, 15) is 0 Å². The molecule has 0 radical (unpaired) electrons. The molecule has 9 aromatic rings. The zero-order chi connectivity index (χ0) is 44.9. The second kappa shape index (κ2) is 17.2. The van der Waals surface area contributed by atoms with E-state index in [0.29, 0.717) is 5.92 Å². The van der Waals surface area contributed by atoms with E-state index in [1.165, 1.54) is 138 Å². The molecule has 0 amide bonds. The lowest BCUT2D eigenvalue weighted by Crippen LogP contribution is -2.18. The fourth-order valence-electron chi connectivity index (χ4n) is 11.8. The standard InChI is InChI=1S/C65H58N2/c1-65(2)60-25-15-14-24-58(60)64-59(50-19-8-4-9-20-50)43-57(44-61(64)65)67(56-39-36-48-18-12-13-21-53(48)42-56)63-41-46-27-31-51-30-26-45(28-32-52(63)33-29-46)40-62(51)66(54-22-10-5-11-23-54)55-37-34-49(35-38-55)47-16-6-3-7-17-47/h4-5,8-15,18-26,29-30,33-44,47H,3,6-7,16-17,27-28,31-32H2,1-2H3. The van der Waals surface area contributed by atoms with Crippen molar-refractivity contribution in [1.29, 1.82) is 0 Å². The Labute approximate surface area is 397 Å². The lowest BCUT2D eigenvalue weighted by molar-refractivity contribution is 0.443. The normalized spacial score (nSPS) is 15.1. The molecular formula is C65H58N2. The third-order valence-electron chi connectivity index (χ3n) is 15.4. The molecule has 2 nitrogen and oxygen atoms in total. The fourth-order valence-corrected chi connectivity index (χ4v) is 11.8. The van der Waals surface area contributed by atoms with Gasteiger partial charge in [-0.05, 0) is 177 Å². The summed E-state index contributed by atoms with van der Waals surface area (Å²) in [5.74, 6) is 0.683. The molecule has 0 N–H and O–H groups in total. The van der Waals surface area contributed by atoms with Gasteiger partial charge in [0.25, 0.3) is 0 Å². The van der Waals surface area contributed by atoms with Crippen molar-refractivity contribution in [3.63, 3.8) is 0 Å². The van der Waals surface area contributed by atoms with E-state index < -0.39 is 0 Å². The first-order chi connectivity index (χ1) is 33.0. The van der Waals surface area contributed by atoms with Crippen molar-refractivity contribution in [2.45, 2.75) is 83.0 Å². The smallest absolute Gasteiger partial charge is 0.0496 e. The number of benzene rings is 9. The summed E-state index contributed by atoms with van der Waals surface area (Å²) in [6.45, 7) is 4.82. The first-order valence-electron chi connectivity index (χ1n) is 24.8. The Hall–Kier alpha value is -7.16. The molecule has 1 saturated carbocycles. The SMILES string of the molecule is CC1(C)c2ccccc2-c2c(-c3ccccc3)cc(N(c3ccc4ccccc4c3)c3cc4ccc3CCc3ccc(c(N(c5ccccc5)c5ccc(C6CCCCC6)cc5)c3)CC4)cc21. The van der Waals surface area contributed by atoms with E-state index in [-0.39, 0.29) is 5.41 Å². The summed E-state index contributed by atoms with van der Waals surface area (Å²) < 4.78 is 0. The minimum atomic E-state index is -0.170. The highest BCUT2D eigenvalue weighted by atomic mass is 15.2. The zero-order valence-corrected chi connectivity index (χ0v) is 38.9. The van der Waals surface area contributed by atoms with Crippen LogP contribution in [-0.4, -0.2) is 0 Å². The number of aryl methyl sites for hydroxylation is 4. The molecule has 0 atom stereocenters. The van der Waals surface area contributed by atoms with Crippen molar-refractivity contribution >= 4 is 44.9 Å². The Kier molecular flexibility index (Phi) is 10.6. The van der Waals surface area contributed by atoms with Crippen LogP contribution in [0.3, 0.4) is 0 Å². The minimum Gasteiger partial charge on any atom is -0.310 e. The second-order valence-electron chi connectivity index (χ2n) is 19.8. The maximum Gasteiger partial charge on any atom is 0.0496 e. The number of para-hydroxylation sites is 1. The Morgan fingerprint density at radius 1 is 0.403 bits per heavy atom. The summed E-state index contributed by atoms with van der Waals surface area (Å²) in [6, 6.07) is 76.2. The van der Waals surface area contributed by atoms with E-state index in [1.807, 2.05) is 0 Å². The minimum absolute atomic E-state index is 0.170. The van der Waals surface area contributed by atoms with Gasteiger partial charge in [0.2, 0.25) is 0 Å². The van der Waals surface area contributed by atoms with Gasteiger partial charge in [-0.1, -0.05) is 173 Å². The summed E-state index contributed by atoms with van der Waals surface area (Å²) >= 11 is 0. The van der Waals surface area contributed by atoms with Gasteiger partial charge in [-0.2, -0.15) is 0 Å². The van der Waals surface area contributed by atoms with Crippen LogP contribution in [0.2, 0.25) is 0 Å². The van der Waals surface area contributed by atoms with Crippen molar-refractivity contribution in [3.05, 3.63) is 239 Å². The van der Waals surface area contributed by atoms with Gasteiger partial charge in [0.05, 0.1) is 0 Å². The van der Waals surface area contributed by atoms with Crippen LogP contribution >= 0.6 is 0 Å². The van der Waals surface area contributed by atoms with Gasteiger partial charge in [0.1, 0.15) is 0 Å². The maximum absolute atomic E-state index is 2.59. The largest absolute Gasteiger partial charge is 0.310 e. The van der Waals surface area contributed by atoms with Crippen molar-refractivity contribution in [2.24, 2.45) is 0 Å². The molecule has 328 valence electrons. The van der Waals surface area contributed by atoms with Crippen LogP contribution in [0, 0.1) is 0 Å². The highest BCUT2D eigenvalue weighted by Crippen LogP contribution is 2.55. The molecule has 67 heavy (non-hydrogen) atoms. The summed E-state index contributed by atoms with van der Waals surface area (Å²) in [6.07, 6.45) is 10.4.